The second kappa shape index (κ2) is 6.42. The van der Waals surface area contributed by atoms with Crippen molar-refractivity contribution in [1.82, 2.24) is 5.32 Å². The van der Waals surface area contributed by atoms with Crippen molar-refractivity contribution in [2.75, 3.05) is 0 Å². The Morgan fingerprint density at radius 2 is 1.67 bits per heavy atom. The summed E-state index contributed by atoms with van der Waals surface area (Å²) in [6, 6.07) is 9.39. The van der Waals surface area contributed by atoms with Gasteiger partial charge in [0.05, 0.1) is 11.6 Å². The highest BCUT2D eigenvalue weighted by Gasteiger charge is 2.13. The van der Waals surface area contributed by atoms with Crippen LogP contribution in [-0.4, -0.2) is 0 Å². The van der Waals surface area contributed by atoms with Crippen LogP contribution >= 0.6 is 0 Å². The van der Waals surface area contributed by atoms with E-state index in [-0.39, 0.29) is 29.5 Å². The molecule has 0 saturated carbocycles. The summed E-state index contributed by atoms with van der Waals surface area (Å²) in [5.41, 5.74) is 0.633. The number of hydrogen-bond donors (Lipinski definition) is 1. The Kier molecular flexibility index (Phi) is 4.61. The summed E-state index contributed by atoms with van der Waals surface area (Å²) in [6.07, 6.45) is 0. The van der Waals surface area contributed by atoms with Crippen LogP contribution in [-0.2, 0) is 6.54 Å². The minimum atomic E-state index is -0.759. The smallest absolute Gasteiger partial charge is 0.131 e. The van der Waals surface area contributed by atoms with E-state index in [0.717, 1.165) is 17.7 Å². The van der Waals surface area contributed by atoms with E-state index < -0.39 is 11.6 Å². The number of rotatable bonds is 4. The molecule has 2 rings (SSSR count). The Morgan fingerprint density at radius 3 is 2.19 bits per heavy atom. The van der Waals surface area contributed by atoms with Crippen LogP contribution in [0.5, 0.6) is 0 Å². The second-order valence-electron chi connectivity index (χ2n) is 4.68. The maximum Gasteiger partial charge on any atom is 0.131 e. The van der Waals surface area contributed by atoms with Gasteiger partial charge in [-0.2, -0.15) is 5.26 Å². The van der Waals surface area contributed by atoms with Gasteiger partial charge in [0.2, 0.25) is 0 Å². The van der Waals surface area contributed by atoms with Gasteiger partial charge in [0.1, 0.15) is 17.5 Å². The van der Waals surface area contributed by atoms with Gasteiger partial charge >= 0.3 is 0 Å². The van der Waals surface area contributed by atoms with Gasteiger partial charge in [-0.05, 0) is 36.8 Å². The zero-order valence-electron chi connectivity index (χ0n) is 11.3. The molecule has 0 aromatic heterocycles. The zero-order valence-corrected chi connectivity index (χ0v) is 11.3. The molecule has 0 bridgehead atoms. The summed E-state index contributed by atoms with van der Waals surface area (Å²) in [6.45, 7) is 1.79. The normalized spacial score (nSPS) is 12.0. The largest absolute Gasteiger partial charge is 0.306 e. The number of halogens is 3. The van der Waals surface area contributed by atoms with Gasteiger partial charge in [0.25, 0.3) is 0 Å². The van der Waals surface area contributed by atoms with Crippen molar-refractivity contribution in [3.05, 3.63) is 70.5 Å². The molecule has 5 heteroatoms. The number of benzene rings is 2. The maximum atomic E-state index is 13.7. The third kappa shape index (κ3) is 3.61. The van der Waals surface area contributed by atoms with Gasteiger partial charge in [-0.3, -0.25) is 0 Å². The molecule has 0 aliphatic heterocycles. The van der Waals surface area contributed by atoms with E-state index in [9.17, 15) is 13.2 Å². The van der Waals surface area contributed by atoms with Crippen LogP contribution in [0, 0.1) is 28.8 Å². The second-order valence-corrected chi connectivity index (χ2v) is 4.68. The lowest BCUT2D eigenvalue weighted by Gasteiger charge is -2.15. The molecule has 108 valence electrons. The van der Waals surface area contributed by atoms with Crippen molar-refractivity contribution in [3.8, 4) is 6.07 Å². The molecule has 1 atom stereocenters. The van der Waals surface area contributed by atoms with Crippen LogP contribution in [0.4, 0.5) is 13.2 Å². The molecule has 21 heavy (non-hydrogen) atoms. The van der Waals surface area contributed by atoms with E-state index in [2.05, 4.69) is 5.32 Å². The molecule has 1 N–H and O–H groups in total. The third-order valence-electron chi connectivity index (χ3n) is 3.23. The highest BCUT2D eigenvalue weighted by atomic mass is 19.1. The molecule has 0 saturated heterocycles. The van der Waals surface area contributed by atoms with Gasteiger partial charge in [-0.1, -0.05) is 12.1 Å². The van der Waals surface area contributed by atoms with Gasteiger partial charge < -0.3 is 5.32 Å². The molecule has 0 heterocycles. The van der Waals surface area contributed by atoms with E-state index >= 15 is 0 Å². The standard InChI is InChI=1S/C16H13F3N2/c1-10(12-2-4-13(17)5-3-12)21-9-14-15(18)6-11(8-20)7-16(14)19/h2-7,10,21H,9H2,1H3/t10-/m0/s1. The molecular formula is C16H13F3N2. The van der Waals surface area contributed by atoms with Crippen molar-refractivity contribution < 1.29 is 13.2 Å². The molecule has 0 spiro atoms. The predicted octanol–water partition coefficient (Wildman–Crippen LogP) is 3.83. The van der Waals surface area contributed by atoms with Crippen molar-refractivity contribution in [2.45, 2.75) is 19.5 Å². The summed E-state index contributed by atoms with van der Waals surface area (Å²) < 4.78 is 40.3. The summed E-state index contributed by atoms with van der Waals surface area (Å²) >= 11 is 0. The summed E-state index contributed by atoms with van der Waals surface area (Å²) in [5.74, 6) is -1.86. The van der Waals surface area contributed by atoms with E-state index in [4.69, 9.17) is 5.26 Å². The minimum absolute atomic E-state index is 0.0259. The fourth-order valence-electron chi connectivity index (χ4n) is 1.96. The maximum absolute atomic E-state index is 13.7. The SMILES string of the molecule is C[C@H](NCc1c(F)cc(C#N)cc1F)c1ccc(F)cc1. The van der Waals surface area contributed by atoms with Crippen LogP contribution in [0.1, 0.15) is 29.7 Å². The summed E-state index contributed by atoms with van der Waals surface area (Å²) in [7, 11) is 0. The van der Waals surface area contributed by atoms with Crippen molar-refractivity contribution >= 4 is 0 Å². The van der Waals surface area contributed by atoms with Crippen molar-refractivity contribution in [2.24, 2.45) is 0 Å². The molecule has 0 amide bonds. The molecule has 0 unspecified atom stereocenters. The molecular weight excluding hydrogens is 277 g/mol. The Hall–Kier alpha value is -2.32. The van der Waals surface area contributed by atoms with E-state index in [1.165, 1.54) is 12.1 Å². The highest BCUT2D eigenvalue weighted by Crippen LogP contribution is 2.18. The number of nitrogens with zero attached hydrogens (tertiary/aromatic N) is 1. The lowest BCUT2D eigenvalue weighted by atomic mass is 10.1. The number of nitrogens with one attached hydrogen (secondary N) is 1. The Balaban J connectivity index is 2.10. The first-order valence-corrected chi connectivity index (χ1v) is 6.38. The lowest BCUT2D eigenvalue weighted by molar-refractivity contribution is 0.508. The van der Waals surface area contributed by atoms with Crippen molar-refractivity contribution in [3.63, 3.8) is 0 Å². The highest BCUT2D eigenvalue weighted by molar-refractivity contribution is 5.34. The minimum Gasteiger partial charge on any atom is -0.306 e. The average molecular weight is 290 g/mol. The molecule has 0 aliphatic rings. The van der Waals surface area contributed by atoms with Crippen LogP contribution in [0.15, 0.2) is 36.4 Å². The van der Waals surface area contributed by atoms with Gasteiger partial charge in [0, 0.05) is 18.2 Å². The number of hydrogen-bond acceptors (Lipinski definition) is 2. The topological polar surface area (TPSA) is 35.8 Å². The first kappa shape index (κ1) is 15.1. The van der Waals surface area contributed by atoms with Gasteiger partial charge in [-0.25, -0.2) is 13.2 Å². The van der Waals surface area contributed by atoms with Crippen LogP contribution in [0.2, 0.25) is 0 Å². The lowest BCUT2D eigenvalue weighted by Crippen LogP contribution is -2.19. The van der Waals surface area contributed by atoms with Crippen LogP contribution in [0.3, 0.4) is 0 Å². The Bertz CT molecular complexity index is 652. The quantitative estimate of drug-likeness (QED) is 0.929. The predicted molar refractivity (Wildman–Crippen MR) is 72.7 cm³/mol. The molecule has 2 nitrogen and oxygen atoms in total. The number of nitriles is 1. The first-order valence-electron chi connectivity index (χ1n) is 6.38. The molecule has 0 radical (unpaired) electrons. The monoisotopic (exact) mass is 290 g/mol. The molecule has 0 fully saturated rings. The fraction of sp³-hybridized carbons (Fsp3) is 0.188. The van der Waals surface area contributed by atoms with E-state index in [1.807, 2.05) is 6.92 Å². The molecule has 2 aromatic carbocycles. The zero-order chi connectivity index (χ0) is 15.4. The van der Waals surface area contributed by atoms with E-state index in [1.54, 1.807) is 18.2 Å². The summed E-state index contributed by atoms with van der Waals surface area (Å²) in [5, 5.41) is 11.6. The molecule has 2 aromatic rings. The Labute approximate surface area is 120 Å². The van der Waals surface area contributed by atoms with Crippen LogP contribution in [0.25, 0.3) is 0 Å². The third-order valence-corrected chi connectivity index (χ3v) is 3.23. The van der Waals surface area contributed by atoms with E-state index in [0.29, 0.717) is 0 Å². The van der Waals surface area contributed by atoms with Crippen LogP contribution < -0.4 is 5.32 Å². The average Bonchev–Trinajstić information content (AvgIpc) is 2.46. The first-order chi connectivity index (χ1) is 10.0. The molecule has 0 aliphatic carbocycles. The fourth-order valence-corrected chi connectivity index (χ4v) is 1.96. The van der Waals surface area contributed by atoms with Crippen molar-refractivity contribution in [1.29, 1.82) is 5.26 Å². The van der Waals surface area contributed by atoms with Gasteiger partial charge in [-0.15, -0.1) is 0 Å². The van der Waals surface area contributed by atoms with Gasteiger partial charge in [0.15, 0.2) is 0 Å². The summed E-state index contributed by atoms with van der Waals surface area (Å²) in [4.78, 5) is 0. The Morgan fingerprint density at radius 1 is 1.10 bits per heavy atom.